The number of sulfonamides is 1. The van der Waals surface area contributed by atoms with Crippen LogP contribution >= 0.6 is 0 Å². The molecule has 3 aliphatic rings. The highest BCUT2D eigenvalue weighted by Gasteiger charge is 2.49. The van der Waals surface area contributed by atoms with E-state index in [2.05, 4.69) is 113 Å². The number of carbonyl (C=O) groups excluding carboxylic acids is 5. The molecule has 5 atom stereocenters. The van der Waals surface area contributed by atoms with Gasteiger partial charge in [-0.05, 0) is 107 Å². The molecule has 0 aliphatic carbocycles. The van der Waals surface area contributed by atoms with E-state index in [9.17, 15) is 27.6 Å². The summed E-state index contributed by atoms with van der Waals surface area (Å²) in [5.74, 6) is -2.43. The number of rotatable bonds is 17. The van der Waals surface area contributed by atoms with Crippen molar-refractivity contribution in [3.8, 4) is 28.1 Å². The summed E-state index contributed by atoms with van der Waals surface area (Å²) in [7, 11) is -1.58. The molecule has 0 saturated carbocycles. The fraction of sp³-hybridized carbons (Fsp3) is 0.586. The van der Waals surface area contributed by atoms with Crippen LogP contribution in [-0.4, -0.2) is 153 Å². The van der Waals surface area contributed by atoms with Crippen LogP contribution < -0.4 is 15.2 Å². The van der Waals surface area contributed by atoms with Crippen LogP contribution in [0, 0.1) is 11.3 Å². The number of pyridine rings is 1. The van der Waals surface area contributed by atoms with Crippen molar-refractivity contribution in [2.75, 3.05) is 53.7 Å². The number of hydrazine groups is 1. The molecule has 2 aromatic heterocycles. The highest BCUT2D eigenvalue weighted by molar-refractivity contribution is 7.88. The Morgan fingerprint density at radius 2 is 1.67 bits per heavy atom. The molecule has 78 heavy (non-hydrogen) atoms. The minimum atomic E-state index is -3.59. The molecular weight excluding hydrogens is 1030 g/mol. The van der Waals surface area contributed by atoms with Crippen LogP contribution in [0.1, 0.15) is 106 Å². The Hall–Kier alpha value is -5.67. The van der Waals surface area contributed by atoms with Gasteiger partial charge < -0.3 is 33.6 Å². The number of cyclic esters (lactones) is 1. The number of ether oxygens (including phenoxy) is 2. The number of fused-ring (bicyclic) bond motifs is 6. The number of aromatic nitrogens is 2. The molecule has 426 valence electrons. The van der Waals surface area contributed by atoms with Gasteiger partial charge in [0.15, 0.2) is 0 Å². The van der Waals surface area contributed by atoms with Gasteiger partial charge in [-0.25, -0.2) is 13.8 Å². The average molecular weight is 1110 g/mol. The Morgan fingerprint density at radius 1 is 0.974 bits per heavy atom. The Morgan fingerprint density at radius 3 is 2.28 bits per heavy atom. The van der Waals surface area contributed by atoms with Gasteiger partial charge in [0, 0.05) is 81.5 Å². The highest BCUT2D eigenvalue weighted by Crippen LogP contribution is 2.45. The zero-order valence-electron chi connectivity index (χ0n) is 48.6. The first-order valence-electron chi connectivity index (χ1n) is 27.6. The quantitative estimate of drug-likeness (QED) is 0.0607. The van der Waals surface area contributed by atoms with E-state index in [1.54, 1.807) is 27.2 Å². The molecule has 4 aromatic rings. The normalized spacial score (nSPS) is 20.4. The van der Waals surface area contributed by atoms with Crippen molar-refractivity contribution in [2.24, 2.45) is 11.3 Å². The molecule has 0 spiro atoms. The number of nitrogens with zero attached hydrogens (tertiary/aromatic N) is 6. The van der Waals surface area contributed by atoms with Crippen molar-refractivity contribution in [1.82, 2.24) is 39.4 Å². The maximum Gasteiger partial charge on any atom is 0.324 e. The largest absolute Gasteiger partial charge is 0.543 e. The van der Waals surface area contributed by atoms with Gasteiger partial charge in [-0.1, -0.05) is 81.4 Å². The van der Waals surface area contributed by atoms with Gasteiger partial charge in [0.2, 0.25) is 27.7 Å². The van der Waals surface area contributed by atoms with Crippen LogP contribution in [0.3, 0.4) is 0 Å². The number of hydrogen-bond acceptors (Lipinski definition) is 12. The van der Waals surface area contributed by atoms with Crippen molar-refractivity contribution < 1.29 is 46.3 Å². The lowest BCUT2D eigenvalue weighted by Crippen LogP contribution is -2.62. The highest BCUT2D eigenvalue weighted by atomic mass is 32.2. The van der Waals surface area contributed by atoms with Crippen LogP contribution in [0.5, 0.6) is 5.75 Å². The summed E-state index contributed by atoms with van der Waals surface area (Å²) < 4.78 is 46.9. The van der Waals surface area contributed by atoms with Gasteiger partial charge in [-0.2, -0.15) is 4.31 Å². The van der Waals surface area contributed by atoms with E-state index in [-0.39, 0.29) is 42.7 Å². The standard InChI is InChI=1S/C58H84N8O10SSi/c1-16-64-49-20-19-40-28-44(49)45(53(64)46-30-59-22-21-41(46)33-74-14)29-58(10,11)34-75-57(71)47-18-17-23-65(61-47)55(69)48(26-39-24-42(40)27-43(25-39)76-78(36(4)5,37(6)7)38(8)9)60-54(68)52(35(2)3)63(13)51(67)32-62(12)56(70)50-31-66(50)77(15,72)73/h19-22,24-25,27-28,30,35-38,47-48,50,52,61H,16-18,23,26,29,31-34H2,1-15H3,(H,60,68)/t47-,48-,50+,52-,66?/m0/s1. The van der Waals surface area contributed by atoms with Gasteiger partial charge in [0.25, 0.3) is 14.2 Å². The summed E-state index contributed by atoms with van der Waals surface area (Å²) in [6.45, 7) is 24.3. The van der Waals surface area contributed by atoms with Crippen molar-refractivity contribution in [1.29, 1.82) is 0 Å². The first-order chi connectivity index (χ1) is 36.6. The number of amides is 4. The zero-order chi connectivity index (χ0) is 57.3. The Labute approximate surface area is 463 Å². The second-order valence-corrected chi connectivity index (χ2v) is 31.1. The van der Waals surface area contributed by atoms with E-state index in [0.29, 0.717) is 38.2 Å². The summed E-state index contributed by atoms with van der Waals surface area (Å²) in [5, 5.41) is 5.51. The second kappa shape index (κ2) is 24.0. The topological polar surface area (TPSA) is 202 Å². The van der Waals surface area contributed by atoms with Gasteiger partial charge in [0.1, 0.15) is 29.9 Å². The Kier molecular flexibility index (Phi) is 18.4. The van der Waals surface area contributed by atoms with Crippen LogP contribution in [0.4, 0.5) is 0 Å². The molecule has 1 unspecified atom stereocenters. The summed E-state index contributed by atoms with van der Waals surface area (Å²) in [4.78, 5) is 78.6. The lowest BCUT2D eigenvalue weighted by molar-refractivity contribution is -0.155. The van der Waals surface area contributed by atoms with Gasteiger partial charge >= 0.3 is 5.97 Å². The third kappa shape index (κ3) is 12.7. The third-order valence-electron chi connectivity index (χ3n) is 16.0. The molecule has 5 heterocycles. The number of likely N-dealkylation sites (N-methyl/N-ethyl adjacent to an activating group) is 2. The molecule has 4 amide bonds. The Bertz CT molecular complexity index is 2990. The number of benzene rings is 2. The van der Waals surface area contributed by atoms with E-state index in [1.807, 2.05) is 18.3 Å². The van der Waals surface area contributed by atoms with Crippen LogP contribution in [0.25, 0.3) is 33.3 Å². The average Bonchev–Trinajstić information content (AvgIpc) is 4.15. The first kappa shape index (κ1) is 60.0. The van der Waals surface area contributed by atoms with E-state index in [1.165, 1.54) is 28.9 Å². The minimum absolute atomic E-state index is 0.0148. The molecule has 2 saturated heterocycles. The lowest BCUT2D eigenvalue weighted by Gasteiger charge is -2.42. The van der Waals surface area contributed by atoms with Gasteiger partial charge in [0.05, 0.1) is 31.7 Å². The number of aryl methyl sites for hydroxylation is 1. The number of hydrogen-bond donors (Lipinski definition) is 2. The maximum atomic E-state index is 15.2. The van der Waals surface area contributed by atoms with E-state index >= 15 is 4.79 Å². The van der Waals surface area contributed by atoms with E-state index in [0.717, 1.165) is 60.5 Å². The zero-order valence-corrected chi connectivity index (χ0v) is 50.4. The second-order valence-electron chi connectivity index (χ2n) is 23.8. The van der Waals surface area contributed by atoms with Crippen LogP contribution in [0.15, 0.2) is 54.9 Å². The number of carbonyl (C=O) groups is 5. The number of esters is 1. The smallest absolute Gasteiger partial charge is 0.324 e. The van der Waals surface area contributed by atoms with Crippen LogP contribution in [-0.2, 0) is 69.5 Å². The van der Waals surface area contributed by atoms with Crippen molar-refractivity contribution in [3.05, 3.63) is 71.5 Å². The lowest BCUT2D eigenvalue weighted by atomic mass is 9.84. The van der Waals surface area contributed by atoms with Crippen molar-refractivity contribution >= 4 is 58.8 Å². The molecule has 3 aliphatic heterocycles. The maximum absolute atomic E-state index is 15.2. The molecule has 18 nitrogen and oxygen atoms in total. The monoisotopic (exact) mass is 1110 g/mol. The van der Waals surface area contributed by atoms with Crippen LogP contribution in [0.2, 0.25) is 16.6 Å². The van der Waals surface area contributed by atoms with Gasteiger partial charge in [-0.3, -0.25) is 34.0 Å². The minimum Gasteiger partial charge on any atom is -0.543 e. The molecule has 6 bridgehead atoms. The molecular formula is C58H84N8O10SSi. The number of nitrogens with one attached hydrogen (secondary N) is 2. The third-order valence-corrected chi connectivity index (χ3v) is 23.3. The van der Waals surface area contributed by atoms with E-state index in [4.69, 9.17) is 13.9 Å². The SMILES string of the molecule is CCn1c(-c2cnccc2COC)c2c3cc(ccc31)-c1cc(cc(O[Si](C(C)C)(C(C)C)C(C)C)c1)C[C@H](NC(=O)[C@H](C(C)C)N(C)C(=O)CN(C)C(=O)[C@H]1CN1S(C)(=O)=O)C(=O)N1CCC[C@H](N1)C(=O)OCC(C)(C)C2. The molecule has 20 heteroatoms. The van der Waals surface area contributed by atoms with Gasteiger partial charge in [-0.15, -0.1) is 0 Å². The molecule has 2 N–H and O–H groups in total. The molecule has 2 fully saturated rings. The summed E-state index contributed by atoms with van der Waals surface area (Å²) in [5.41, 5.74) is 10.9. The predicted molar refractivity (Wildman–Crippen MR) is 305 cm³/mol. The summed E-state index contributed by atoms with van der Waals surface area (Å²) in [6.07, 6.45) is 6.17. The number of methoxy groups -OCH3 is 1. The summed E-state index contributed by atoms with van der Waals surface area (Å²) >= 11 is 0. The van der Waals surface area contributed by atoms with Crippen molar-refractivity contribution in [3.63, 3.8) is 0 Å². The predicted octanol–water partition coefficient (Wildman–Crippen LogP) is 7.32. The van der Waals surface area contributed by atoms with Crippen molar-refractivity contribution in [2.45, 2.75) is 156 Å². The Balaban J connectivity index is 1.38. The molecule has 0 radical (unpaired) electrons. The van der Waals surface area contributed by atoms with E-state index < -0.39 is 90.0 Å². The molecule has 2 aromatic carbocycles. The summed E-state index contributed by atoms with van der Waals surface area (Å²) in [6, 6.07) is 10.6. The fourth-order valence-corrected chi connectivity index (χ4v) is 18.4. The first-order valence-corrected chi connectivity index (χ1v) is 31.5. The molecule has 7 rings (SSSR count). The fourth-order valence-electron chi connectivity index (χ4n) is 12.2.